The largest absolute Gasteiger partial charge is 0.457 e. The maximum absolute atomic E-state index is 6.09. The lowest BCUT2D eigenvalue weighted by Crippen LogP contribution is -2.27. The van der Waals surface area contributed by atoms with Crippen LogP contribution in [-0.4, -0.2) is 6.61 Å². The Labute approximate surface area is 173 Å². The Morgan fingerprint density at radius 2 is 1.61 bits per heavy atom. The summed E-state index contributed by atoms with van der Waals surface area (Å²) in [5.74, 6) is 1.66. The van der Waals surface area contributed by atoms with Crippen LogP contribution in [0.4, 0.5) is 0 Å². The van der Waals surface area contributed by atoms with E-state index in [1.807, 2.05) is 54.6 Å². The molecule has 0 aromatic heterocycles. The molecule has 0 aliphatic heterocycles. The van der Waals surface area contributed by atoms with Crippen molar-refractivity contribution in [2.75, 3.05) is 6.61 Å². The maximum atomic E-state index is 6.09. The lowest BCUT2D eigenvalue weighted by atomic mass is 9.81. The Kier molecular flexibility index (Phi) is 6.77. The molecular formula is C25H27ClO2. The molecule has 3 rings (SSSR count). The van der Waals surface area contributed by atoms with E-state index in [-0.39, 0.29) is 5.41 Å². The summed E-state index contributed by atoms with van der Waals surface area (Å²) in [4.78, 5) is 0. The van der Waals surface area contributed by atoms with Gasteiger partial charge in [-0.2, -0.15) is 0 Å². The van der Waals surface area contributed by atoms with E-state index in [1.54, 1.807) is 0 Å². The fraction of sp³-hybridized carbons (Fsp3) is 0.280. The molecule has 0 saturated carbocycles. The predicted octanol–water partition coefficient (Wildman–Crippen LogP) is 7.33. The molecule has 3 heteroatoms. The number of hydrogen-bond donors (Lipinski definition) is 0. The van der Waals surface area contributed by atoms with Crippen molar-refractivity contribution >= 4 is 11.6 Å². The van der Waals surface area contributed by atoms with Crippen LogP contribution in [0.15, 0.2) is 72.8 Å². The first-order valence-corrected chi connectivity index (χ1v) is 10.0. The van der Waals surface area contributed by atoms with Gasteiger partial charge in [0.2, 0.25) is 0 Å². The van der Waals surface area contributed by atoms with Gasteiger partial charge in [0.15, 0.2) is 0 Å². The summed E-state index contributed by atoms with van der Waals surface area (Å²) < 4.78 is 12.0. The number of aryl methyl sites for hydroxylation is 1. The van der Waals surface area contributed by atoms with Gasteiger partial charge >= 0.3 is 0 Å². The van der Waals surface area contributed by atoms with Crippen molar-refractivity contribution < 1.29 is 9.47 Å². The normalized spacial score (nSPS) is 13.1. The van der Waals surface area contributed by atoms with Crippen LogP contribution in [0.2, 0.25) is 5.02 Å². The van der Waals surface area contributed by atoms with Crippen LogP contribution in [0.5, 0.6) is 11.5 Å². The highest BCUT2D eigenvalue weighted by molar-refractivity contribution is 6.30. The van der Waals surface area contributed by atoms with Crippen molar-refractivity contribution in [3.63, 3.8) is 0 Å². The van der Waals surface area contributed by atoms with E-state index in [2.05, 4.69) is 39.0 Å². The molecule has 0 bridgehead atoms. The van der Waals surface area contributed by atoms with Crippen molar-refractivity contribution in [1.82, 2.24) is 0 Å². The van der Waals surface area contributed by atoms with Gasteiger partial charge in [-0.3, -0.25) is 0 Å². The summed E-state index contributed by atoms with van der Waals surface area (Å²) in [5, 5.41) is 0.758. The van der Waals surface area contributed by atoms with Crippen LogP contribution in [-0.2, 0) is 16.8 Å². The zero-order valence-corrected chi connectivity index (χ0v) is 17.5. The fourth-order valence-electron chi connectivity index (χ4n) is 3.08. The molecule has 146 valence electrons. The summed E-state index contributed by atoms with van der Waals surface area (Å²) in [6.07, 6.45) is 0.991. The van der Waals surface area contributed by atoms with Gasteiger partial charge in [0.05, 0.1) is 13.2 Å². The van der Waals surface area contributed by atoms with Crippen LogP contribution in [0, 0.1) is 6.92 Å². The van der Waals surface area contributed by atoms with Crippen molar-refractivity contribution in [1.29, 1.82) is 0 Å². The Balaban J connectivity index is 1.61. The molecule has 1 unspecified atom stereocenters. The maximum Gasteiger partial charge on any atom is 0.127 e. The third kappa shape index (κ3) is 5.37. The standard InChI is InChI=1S/C25H27ClO2/c1-4-25(3,21-10-12-22(26)13-11-21)18-27-17-20-6-5-7-24(16-20)28-23-14-8-19(2)9-15-23/h5-16H,4,17-18H2,1-3H3. The van der Waals surface area contributed by atoms with Gasteiger partial charge < -0.3 is 9.47 Å². The highest BCUT2D eigenvalue weighted by Crippen LogP contribution is 2.29. The second kappa shape index (κ2) is 9.27. The summed E-state index contributed by atoms with van der Waals surface area (Å²) in [7, 11) is 0. The SMILES string of the molecule is CCC(C)(COCc1cccc(Oc2ccc(C)cc2)c1)c1ccc(Cl)cc1. The fourth-order valence-corrected chi connectivity index (χ4v) is 3.20. The lowest BCUT2D eigenvalue weighted by Gasteiger charge is -2.29. The molecule has 0 spiro atoms. The van der Waals surface area contributed by atoms with Crippen molar-refractivity contribution in [3.8, 4) is 11.5 Å². The molecule has 3 aromatic carbocycles. The Bertz CT molecular complexity index is 887. The number of halogens is 1. The monoisotopic (exact) mass is 394 g/mol. The smallest absolute Gasteiger partial charge is 0.127 e. The average molecular weight is 395 g/mol. The van der Waals surface area contributed by atoms with Crippen LogP contribution < -0.4 is 4.74 Å². The molecule has 0 aliphatic rings. The van der Waals surface area contributed by atoms with Gasteiger partial charge in [-0.15, -0.1) is 0 Å². The summed E-state index contributed by atoms with van der Waals surface area (Å²) in [5.41, 5.74) is 3.52. The molecular weight excluding hydrogens is 368 g/mol. The van der Waals surface area contributed by atoms with Crippen molar-refractivity contribution in [2.45, 2.75) is 39.2 Å². The predicted molar refractivity (Wildman–Crippen MR) is 116 cm³/mol. The van der Waals surface area contributed by atoms with E-state index in [4.69, 9.17) is 21.1 Å². The average Bonchev–Trinajstić information content (AvgIpc) is 2.70. The Morgan fingerprint density at radius 3 is 2.29 bits per heavy atom. The highest BCUT2D eigenvalue weighted by atomic mass is 35.5. The van der Waals surface area contributed by atoms with E-state index in [9.17, 15) is 0 Å². The highest BCUT2D eigenvalue weighted by Gasteiger charge is 2.24. The quantitative estimate of drug-likeness (QED) is 0.398. The molecule has 3 aromatic rings. The van der Waals surface area contributed by atoms with E-state index in [1.165, 1.54) is 11.1 Å². The van der Waals surface area contributed by atoms with Gasteiger partial charge in [-0.05, 0) is 60.9 Å². The molecule has 2 nitrogen and oxygen atoms in total. The summed E-state index contributed by atoms with van der Waals surface area (Å²) in [6, 6.07) is 24.2. The van der Waals surface area contributed by atoms with E-state index in [0.29, 0.717) is 13.2 Å². The third-order valence-corrected chi connectivity index (χ3v) is 5.42. The summed E-state index contributed by atoms with van der Waals surface area (Å²) in [6.45, 7) is 7.68. The van der Waals surface area contributed by atoms with E-state index >= 15 is 0 Å². The van der Waals surface area contributed by atoms with Gasteiger partial charge in [0.25, 0.3) is 0 Å². The van der Waals surface area contributed by atoms with Gasteiger partial charge in [0, 0.05) is 10.4 Å². The Morgan fingerprint density at radius 1 is 0.893 bits per heavy atom. The minimum Gasteiger partial charge on any atom is -0.457 e. The number of hydrogen-bond acceptors (Lipinski definition) is 2. The zero-order valence-electron chi connectivity index (χ0n) is 16.7. The van der Waals surface area contributed by atoms with Gasteiger partial charge in [0.1, 0.15) is 11.5 Å². The van der Waals surface area contributed by atoms with Crippen LogP contribution >= 0.6 is 11.6 Å². The number of ether oxygens (including phenoxy) is 2. The summed E-state index contributed by atoms with van der Waals surface area (Å²) >= 11 is 6.03. The van der Waals surface area contributed by atoms with Gasteiger partial charge in [-0.25, -0.2) is 0 Å². The molecule has 0 amide bonds. The number of rotatable bonds is 8. The third-order valence-electron chi connectivity index (χ3n) is 5.17. The van der Waals surface area contributed by atoms with Crippen LogP contribution in [0.1, 0.15) is 37.0 Å². The van der Waals surface area contributed by atoms with Crippen LogP contribution in [0.25, 0.3) is 0 Å². The van der Waals surface area contributed by atoms with E-state index < -0.39 is 0 Å². The number of benzene rings is 3. The molecule has 0 heterocycles. The first kappa shape index (κ1) is 20.4. The zero-order chi connectivity index (χ0) is 20.0. The molecule has 1 atom stereocenters. The molecule has 0 N–H and O–H groups in total. The minimum absolute atomic E-state index is 0.0411. The topological polar surface area (TPSA) is 18.5 Å². The van der Waals surface area contributed by atoms with Crippen molar-refractivity contribution in [3.05, 3.63) is 94.5 Å². The van der Waals surface area contributed by atoms with E-state index in [0.717, 1.165) is 28.5 Å². The Hall–Kier alpha value is -2.29. The molecule has 0 saturated heterocycles. The molecule has 28 heavy (non-hydrogen) atoms. The van der Waals surface area contributed by atoms with Crippen LogP contribution in [0.3, 0.4) is 0 Å². The molecule has 0 aliphatic carbocycles. The van der Waals surface area contributed by atoms with Gasteiger partial charge in [-0.1, -0.05) is 67.4 Å². The molecule has 0 fully saturated rings. The minimum atomic E-state index is -0.0411. The lowest BCUT2D eigenvalue weighted by molar-refractivity contribution is 0.0747. The first-order valence-electron chi connectivity index (χ1n) is 9.66. The second-order valence-corrected chi connectivity index (χ2v) is 7.91. The first-order chi connectivity index (χ1) is 13.5. The second-order valence-electron chi connectivity index (χ2n) is 7.48. The van der Waals surface area contributed by atoms with Crippen molar-refractivity contribution in [2.24, 2.45) is 0 Å². The molecule has 0 radical (unpaired) electrons.